The maximum absolute atomic E-state index is 14.2. The predicted octanol–water partition coefficient (Wildman–Crippen LogP) is 3.95. The van der Waals surface area contributed by atoms with E-state index in [2.05, 4.69) is 5.32 Å². The molecule has 0 spiro atoms. The number of amides is 1. The van der Waals surface area contributed by atoms with Crippen LogP contribution in [-0.4, -0.2) is 31.7 Å². The SMILES string of the molecule is O=C(NCc1ccc(C(F)(F)F)cc1)c1ccc(F)c(S(=O)(=O)N2CCCCC2)c1. The lowest BCUT2D eigenvalue weighted by molar-refractivity contribution is -0.137. The Morgan fingerprint density at radius 3 is 2.23 bits per heavy atom. The Bertz CT molecular complexity index is 1020. The molecule has 0 bridgehead atoms. The third kappa shape index (κ3) is 4.99. The van der Waals surface area contributed by atoms with Gasteiger partial charge in [-0.05, 0) is 48.7 Å². The molecule has 1 fully saturated rings. The number of alkyl halides is 3. The standard InChI is InChI=1S/C20H20F4N2O3S/c21-17-9-6-15(12-18(17)30(28,29)26-10-2-1-3-11-26)19(27)25-13-14-4-7-16(8-5-14)20(22,23)24/h4-9,12H,1-3,10-11,13H2,(H,25,27). The topological polar surface area (TPSA) is 66.5 Å². The lowest BCUT2D eigenvalue weighted by Gasteiger charge is -2.26. The molecule has 162 valence electrons. The van der Waals surface area contributed by atoms with E-state index in [1.165, 1.54) is 16.4 Å². The van der Waals surface area contributed by atoms with Gasteiger partial charge in [0.2, 0.25) is 10.0 Å². The molecule has 1 aliphatic heterocycles. The average molecular weight is 444 g/mol. The third-order valence-corrected chi connectivity index (χ3v) is 6.77. The Morgan fingerprint density at radius 1 is 1.00 bits per heavy atom. The van der Waals surface area contributed by atoms with Crippen molar-refractivity contribution in [3.63, 3.8) is 0 Å². The van der Waals surface area contributed by atoms with E-state index in [1.54, 1.807) is 0 Å². The largest absolute Gasteiger partial charge is 0.416 e. The van der Waals surface area contributed by atoms with Crippen molar-refractivity contribution in [2.75, 3.05) is 13.1 Å². The Hall–Kier alpha value is -2.46. The summed E-state index contributed by atoms with van der Waals surface area (Å²) in [4.78, 5) is 11.8. The fourth-order valence-corrected chi connectivity index (χ4v) is 4.79. The van der Waals surface area contributed by atoms with Crippen LogP contribution in [0.5, 0.6) is 0 Å². The number of piperidine rings is 1. The Kier molecular flexibility index (Phi) is 6.47. The second-order valence-corrected chi connectivity index (χ2v) is 8.89. The number of halogens is 4. The van der Waals surface area contributed by atoms with Crippen molar-refractivity contribution in [3.8, 4) is 0 Å². The summed E-state index contributed by atoms with van der Waals surface area (Å²) in [6.07, 6.45) is -2.17. The summed E-state index contributed by atoms with van der Waals surface area (Å²) in [5.41, 5.74) is -0.429. The highest BCUT2D eigenvalue weighted by atomic mass is 32.2. The van der Waals surface area contributed by atoms with Gasteiger partial charge in [-0.1, -0.05) is 18.6 Å². The maximum atomic E-state index is 14.2. The highest BCUT2D eigenvalue weighted by Crippen LogP contribution is 2.29. The van der Waals surface area contributed by atoms with Crippen LogP contribution in [0.3, 0.4) is 0 Å². The second-order valence-electron chi connectivity index (χ2n) is 6.99. The summed E-state index contributed by atoms with van der Waals surface area (Å²) in [5, 5.41) is 2.50. The number of nitrogens with zero attached hydrogens (tertiary/aromatic N) is 1. The normalized spacial score (nSPS) is 15.7. The number of benzene rings is 2. The molecule has 2 aromatic carbocycles. The number of rotatable bonds is 5. The molecule has 1 heterocycles. The van der Waals surface area contributed by atoms with E-state index < -0.39 is 38.4 Å². The summed E-state index contributed by atoms with van der Waals surface area (Å²) in [6, 6.07) is 7.35. The van der Waals surface area contributed by atoms with Gasteiger partial charge in [0.05, 0.1) is 5.56 Å². The van der Waals surface area contributed by atoms with Crippen LogP contribution in [0.2, 0.25) is 0 Å². The van der Waals surface area contributed by atoms with Gasteiger partial charge in [-0.25, -0.2) is 12.8 Å². The van der Waals surface area contributed by atoms with Crippen LogP contribution >= 0.6 is 0 Å². The van der Waals surface area contributed by atoms with E-state index in [0.29, 0.717) is 31.5 Å². The Labute approximate surface area is 171 Å². The van der Waals surface area contributed by atoms with E-state index in [4.69, 9.17) is 0 Å². The number of nitrogens with one attached hydrogen (secondary N) is 1. The van der Waals surface area contributed by atoms with Gasteiger partial charge in [-0.3, -0.25) is 4.79 Å². The Morgan fingerprint density at radius 2 is 1.63 bits per heavy atom. The molecular weight excluding hydrogens is 424 g/mol. The van der Waals surface area contributed by atoms with Gasteiger partial charge >= 0.3 is 6.18 Å². The first-order chi connectivity index (χ1) is 14.1. The Balaban J connectivity index is 1.73. The van der Waals surface area contributed by atoms with E-state index in [1.807, 2.05) is 0 Å². The minimum Gasteiger partial charge on any atom is -0.348 e. The van der Waals surface area contributed by atoms with Crippen LogP contribution in [0.15, 0.2) is 47.4 Å². The van der Waals surface area contributed by atoms with Crippen molar-refractivity contribution in [1.29, 1.82) is 0 Å². The molecule has 0 unspecified atom stereocenters. The lowest BCUT2D eigenvalue weighted by atomic mass is 10.1. The fraction of sp³-hybridized carbons (Fsp3) is 0.350. The van der Waals surface area contributed by atoms with Gasteiger partial charge in [0.25, 0.3) is 5.91 Å². The number of hydrogen-bond acceptors (Lipinski definition) is 3. The smallest absolute Gasteiger partial charge is 0.348 e. The van der Waals surface area contributed by atoms with Crippen molar-refractivity contribution < 1.29 is 30.8 Å². The van der Waals surface area contributed by atoms with E-state index >= 15 is 0 Å². The minimum atomic E-state index is -4.45. The van der Waals surface area contributed by atoms with Gasteiger partial charge in [-0.2, -0.15) is 17.5 Å². The van der Waals surface area contributed by atoms with Crippen LogP contribution in [-0.2, 0) is 22.7 Å². The first-order valence-electron chi connectivity index (χ1n) is 9.33. The van der Waals surface area contributed by atoms with Crippen molar-refractivity contribution >= 4 is 15.9 Å². The second kappa shape index (κ2) is 8.73. The molecule has 2 aromatic rings. The fourth-order valence-electron chi connectivity index (χ4n) is 3.18. The highest BCUT2D eigenvalue weighted by molar-refractivity contribution is 7.89. The van der Waals surface area contributed by atoms with E-state index in [0.717, 1.165) is 36.8 Å². The monoisotopic (exact) mass is 444 g/mol. The zero-order chi connectivity index (χ0) is 21.9. The zero-order valence-electron chi connectivity index (χ0n) is 15.9. The molecular formula is C20H20F4N2O3S. The number of hydrogen-bond donors (Lipinski definition) is 1. The molecule has 1 amide bonds. The zero-order valence-corrected chi connectivity index (χ0v) is 16.7. The van der Waals surface area contributed by atoms with Crippen LogP contribution in [0, 0.1) is 5.82 Å². The molecule has 1 N–H and O–H groups in total. The van der Waals surface area contributed by atoms with E-state index in [-0.39, 0.29) is 12.1 Å². The van der Waals surface area contributed by atoms with E-state index in [9.17, 15) is 30.8 Å². The van der Waals surface area contributed by atoms with Gasteiger partial charge in [0.15, 0.2) is 0 Å². The van der Waals surface area contributed by atoms with Crippen molar-refractivity contribution in [2.24, 2.45) is 0 Å². The predicted molar refractivity (Wildman–Crippen MR) is 102 cm³/mol. The highest BCUT2D eigenvalue weighted by Gasteiger charge is 2.30. The van der Waals surface area contributed by atoms with Gasteiger partial charge < -0.3 is 5.32 Å². The molecule has 30 heavy (non-hydrogen) atoms. The van der Waals surface area contributed by atoms with Crippen LogP contribution < -0.4 is 5.32 Å². The van der Waals surface area contributed by atoms with Crippen molar-refractivity contribution in [2.45, 2.75) is 36.9 Å². The van der Waals surface area contributed by atoms with Gasteiger partial charge in [0.1, 0.15) is 10.7 Å². The minimum absolute atomic E-state index is 0.0566. The van der Waals surface area contributed by atoms with Crippen LogP contribution in [0.4, 0.5) is 17.6 Å². The summed E-state index contributed by atoms with van der Waals surface area (Å²) < 4.78 is 78.7. The number of sulfonamides is 1. The third-order valence-electron chi connectivity index (χ3n) is 4.86. The van der Waals surface area contributed by atoms with Crippen LogP contribution in [0.1, 0.15) is 40.7 Å². The first kappa shape index (κ1) is 22.2. The summed E-state index contributed by atoms with van der Waals surface area (Å²) in [6.45, 7) is 0.529. The quantitative estimate of drug-likeness (QED) is 0.711. The molecule has 3 rings (SSSR count). The molecule has 1 saturated heterocycles. The van der Waals surface area contributed by atoms with Crippen molar-refractivity contribution in [3.05, 3.63) is 65.0 Å². The molecule has 0 saturated carbocycles. The maximum Gasteiger partial charge on any atom is 0.416 e. The number of carbonyl (C=O) groups is 1. The summed E-state index contributed by atoms with van der Waals surface area (Å²) in [5.74, 6) is -1.61. The molecule has 1 aliphatic rings. The first-order valence-corrected chi connectivity index (χ1v) is 10.8. The van der Waals surface area contributed by atoms with Gasteiger partial charge in [-0.15, -0.1) is 0 Å². The molecule has 0 atom stereocenters. The average Bonchev–Trinajstić information content (AvgIpc) is 2.72. The van der Waals surface area contributed by atoms with Crippen LogP contribution in [0.25, 0.3) is 0 Å². The molecule has 0 aliphatic carbocycles. The molecule has 0 radical (unpaired) electrons. The molecule has 10 heteroatoms. The number of carbonyl (C=O) groups excluding carboxylic acids is 1. The summed E-state index contributed by atoms with van der Waals surface area (Å²) >= 11 is 0. The molecule has 0 aromatic heterocycles. The lowest BCUT2D eigenvalue weighted by Crippen LogP contribution is -2.36. The van der Waals surface area contributed by atoms with Crippen molar-refractivity contribution in [1.82, 2.24) is 9.62 Å². The molecule has 5 nitrogen and oxygen atoms in total. The summed E-state index contributed by atoms with van der Waals surface area (Å²) in [7, 11) is -4.06. The van der Waals surface area contributed by atoms with Gasteiger partial charge in [0, 0.05) is 25.2 Å².